The van der Waals surface area contributed by atoms with Crippen molar-refractivity contribution >= 4 is 23.2 Å². The zero-order valence-corrected chi connectivity index (χ0v) is 22.9. The number of hydrogen-bond donors (Lipinski definition) is 2. The van der Waals surface area contributed by atoms with Gasteiger partial charge in [-0.15, -0.1) is 0 Å². The largest absolute Gasteiger partial charge is 0.497 e. The molecule has 2 aliphatic rings. The first-order valence-electron chi connectivity index (χ1n) is 13.8. The fraction of sp³-hybridized carbons (Fsp3) is 0.242. The summed E-state index contributed by atoms with van der Waals surface area (Å²) >= 11 is 0. The van der Waals surface area contributed by atoms with Crippen molar-refractivity contribution in [3.05, 3.63) is 124 Å². The van der Waals surface area contributed by atoms with Crippen molar-refractivity contribution in [2.45, 2.75) is 25.4 Å². The van der Waals surface area contributed by atoms with E-state index in [9.17, 15) is 14.4 Å². The zero-order chi connectivity index (χ0) is 28.3. The number of fused-ring (bicyclic) bond motifs is 4. The van der Waals surface area contributed by atoms with Crippen molar-refractivity contribution in [3.63, 3.8) is 0 Å². The van der Waals surface area contributed by atoms with Crippen molar-refractivity contribution in [2.24, 2.45) is 5.92 Å². The molecule has 2 unspecified atom stereocenters. The summed E-state index contributed by atoms with van der Waals surface area (Å²) < 4.78 is 7.13. The van der Waals surface area contributed by atoms with Crippen molar-refractivity contribution in [3.8, 4) is 5.75 Å². The van der Waals surface area contributed by atoms with Gasteiger partial charge in [0.15, 0.2) is 0 Å². The quantitative estimate of drug-likeness (QED) is 0.350. The maximum atomic E-state index is 13.3. The Kier molecular flexibility index (Phi) is 7.29. The molecule has 0 aliphatic carbocycles. The summed E-state index contributed by atoms with van der Waals surface area (Å²) in [4.78, 5) is 41.2. The van der Waals surface area contributed by atoms with E-state index in [1.807, 2.05) is 59.2 Å². The highest BCUT2D eigenvalue weighted by atomic mass is 16.5. The van der Waals surface area contributed by atoms with E-state index in [4.69, 9.17) is 4.74 Å². The first-order chi connectivity index (χ1) is 20.0. The van der Waals surface area contributed by atoms with Gasteiger partial charge in [0.25, 0.3) is 17.4 Å². The highest BCUT2D eigenvalue weighted by Gasteiger charge is 2.35. The van der Waals surface area contributed by atoms with Gasteiger partial charge in [-0.05, 0) is 66.4 Å². The first kappa shape index (κ1) is 26.4. The monoisotopic (exact) mass is 548 g/mol. The third kappa shape index (κ3) is 5.59. The summed E-state index contributed by atoms with van der Waals surface area (Å²) in [5.41, 5.74) is 4.48. The zero-order valence-electron chi connectivity index (χ0n) is 22.9. The number of anilines is 2. The normalized spacial score (nSPS) is 17.3. The predicted octanol–water partition coefficient (Wildman–Crippen LogP) is 4.66. The van der Waals surface area contributed by atoms with Crippen LogP contribution in [0.4, 0.5) is 11.4 Å². The molecular formula is C33H32N4O4. The third-order valence-electron chi connectivity index (χ3n) is 7.98. The molecule has 2 aliphatic heterocycles. The summed E-state index contributed by atoms with van der Waals surface area (Å²) in [5, 5.41) is 6.04. The van der Waals surface area contributed by atoms with Gasteiger partial charge >= 0.3 is 0 Å². The fourth-order valence-electron chi connectivity index (χ4n) is 5.96. The number of carbonyl (C=O) groups is 2. The van der Waals surface area contributed by atoms with Crippen LogP contribution in [-0.2, 0) is 13.1 Å². The number of aromatic nitrogens is 1. The van der Waals surface area contributed by atoms with Crippen molar-refractivity contribution in [1.29, 1.82) is 0 Å². The molecule has 208 valence electrons. The molecule has 2 amide bonds. The molecule has 3 heterocycles. The summed E-state index contributed by atoms with van der Waals surface area (Å²) in [6.07, 6.45) is 1.02. The molecule has 4 aromatic rings. The summed E-state index contributed by atoms with van der Waals surface area (Å²) in [6, 6.07) is 27.6. The molecule has 6 rings (SSSR count). The Labute approximate surface area is 238 Å². The van der Waals surface area contributed by atoms with Gasteiger partial charge in [-0.2, -0.15) is 0 Å². The van der Waals surface area contributed by atoms with Crippen LogP contribution in [0.3, 0.4) is 0 Å². The summed E-state index contributed by atoms with van der Waals surface area (Å²) in [7, 11) is 1.58. The van der Waals surface area contributed by atoms with E-state index in [0.29, 0.717) is 48.1 Å². The van der Waals surface area contributed by atoms with Crippen molar-refractivity contribution in [2.75, 3.05) is 30.4 Å². The summed E-state index contributed by atoms with van der Waals surface area (Å²) in [5.74, 6) is 0.684. The highest BCUT2D eigenvalue weighted by Crippen LogP contribution is 2.39. The minimum atomic E-state index is -0.273. The van der Waals surface area contributed by atoms with Crippen LogP contribution in [0.15, 0.2) is 95.8 Å². The number of benzene rings is 3. The molecule has 0 spiro atoms. The Morgan fingerprint density at radius 2 is 1.63 bits per heavy atom. The predicted molar refractivity (Wildman–Crippen MR) is 159 cm³/mol. The molecule has 8 heteroatoms. The number of rotatable bonds is 7. The average Bonchev–Trinajstić information content (AvgIpc) is 3.01. The van der Waals surface area contributed by atoms with Crippen molar-refractivity contribution < 1.29 is 14.3 Å². The van der Waals surface area contributed by atoms with Crippen LogP contribution in [0.2, 0.25) is 0 Å². The number of piperidine rings is 1. The Morgan fingerprint density at radius 1 is 0.854 bits per heavy atom. The Hall–Kier alpha value is -4.85. The van der Waals surface area contributed by atoms with E-state index in [-0.39, 0.29) is 23.3 Å². The number of nitrogens with zero attached hydrogens (tertiary/aromatic N) is 2. The number of carbonyl (C=O) groups excluding carboxylic acids is 2. The number of nitrogens with one attached hydrogen (secondary N) is 2. The summed E-state index contributed by atoms with van der Waals surface area (Å²) in [6.45, 7) is 2.55. The molecule has 1 fully saturated rings. The molecular weight excluding hydrogens is 516 g/mol. The van der Waals surface area contributed by atoms with Gasteiger partial charge in [-0.25, -0.2) is 0 Å². The van der Waals surface area contributed by atoms with E-state index >= 15 is 0 Å². The van der Waals surface area contributed by atoms with Crippen LogP contribution >= 0.6 is 0 Å². The Balaban J connectivity index is 1.29. The molecule has 2 N–H and O–H groups in total. The molecule has 0 radical (unpaired) electrons. The Morgan fingerprint density at radius 3 is 2.41 bits per heavy atom. The molecule has 2 atom stereocenters. The minimum absolute atomic E-state index is 0.0453. The Bertz CT molecular complexity index is 1630. The first-order valence-corrected chi connectivity index (χ1v) is 13.8. The highest BCUT2D eigenvalue weighted by molar-refractivity contribution is 6.07. The smallest absolute Gasteiger partial charge is 0.255 e. The number of ether oxygens (including phenoxy) is 1. The second-order valence-electron chi connectivity index (χ2n) is 10.7. The number of methoxy groups -OCH3 is 1. The van der Waals surface area contributed by atoms with Crippen LogP contribution in [-0.4, -0.2) is 36.6 Å². The van der Waals surface area contributed by atoms with Crippen LogP contribution in [0.1, 0.15) is 44.3 Å². The van der Waals surface area contributed by atoms with Crippen LogP contribution in [0.25, 0.3) is 0 Å². The van der Waals surface area contributed by atoms with Crippen molar-refractivity contribution in [1.82, 2.24) is 9.88 Å². The van der Waals surface area contributed by atoms with E-state index in [2.05, 4.69) is 15.5 Å². The van der Waals surface area contributed by atoms with Gasteiger partial charge < -0.3 is 24.8 Å². The van der Waals surface area contributed by atoms with E-state index < -0.39 is 0 Å². The molecule has 8 nitrogen and oxygen atoms in total. The topological polar surface area (TPSA) is 92.7 Å². The molecule has 2 bridgehead atoms. The molecule has 0 saturated carbocycles. The fourth-order valence-corrected chi connectivity index (χ4v) is 5.96. The lowest BCUT2D eigenvalue weighted by molar-refractivity contribution is 0.0949. The van der Waals surface area contributed by atoms with E-state index in [0.717, 1.165) is 29.9 Å². The molecule has 41 heavy (non-hydrogen) atoms. The number of hydrogen-bond acceptors (Lipinski definition) is 5. The lowest BCUT2D eigenvalue weighted by atomic mass is 9.83. The van der Waals surface area contributed by atoms with Gasteiger partial charge in [-0.1, -0.05) is 36.4 Å². The SMILES string of the molecule is COc1ccc(C(=O)Nc2cc(C(=O)NCc3ccccc3)ccc2N2CC3CC(C2)c2cccc(=O)n2C3)cc1. The van der Waals surface area contributed by atoms with E-state index in [1.165, 1.54) is 0 Å². The maximum absolute atomic E-state index is 13.3. The lowest BCUT2D eigenvalue weighted by Crippen LogP contribution is -2.47. The number of pyridine rings is 1. The second kappa shape index (κ2) is 11.3. The van der Waals surface area contributed by atoms with Crippen LogP contribution < -0.4 is 25.8 Å². The van der Waals surface area contributed by atoms with Crippen LogP contribution in [0.5, 0.6) is 5.75 Å². The van der Waals surface area contributed by atoms with Gasteiger partial charge in [0.1, 0.15) is 5.75 Å². The lowest BCUT2D eigenvalue weighted by Gasteiger charge is -2.44. The van der Waals surface area contributed by atoms with Crippen LogP contribution in [0, 0.1) is 5.92 Å². The van der Waals surface area contributed by atoms with Gasteiger partial charge in [0.05, 0.1) is 18.5 Å². The molecule has 3 aromatic carbocycles. The minimum Gasteiger partial charge on any atom is -0.497 e. The second-order valence-corrected chi connectivity index (χ2v) is 10.7. The van der Waals surface area contributed by atoms with Gasteiger partial charge in [-0.3, -0.25) is 14.4 Å². The number of amides is 2. The standard InChI is InChI=1S/C33H32N4O4/c1-41-27-13-10-24(11-14-27)33(40)35-28-17-25(32(39)34-18-22-6-3-2-4-7-22)12-15-30(28)36-19-23-16-26(21-36)29-8-5-9-31(38)37(29)20-23/h2-15,17,23,26H,16,18-21H2,1H3,(H,34,39)(H,35,40). The average molecular weight is 549 g/mol. The van der Waals surface area contributed by atoms with Gasteiger partial charge in [0, 0.05) is 55.0 Å². The molecule has 1 saturated heterocycles. The maximum Gasteiger partial charge on any atom is 0.255 e. The van der Waals surface area contributed by atoms with Gasteiger partial charge in [0.2, 0.25) is 0 Å². The molecule has 1 aromatic heterocycles. The third-order valence-corrected chi connectivity index (χ3v) is 7.98. The van der Waals surface area contributed by atoms with E-state index in [1.54, 1.807) is 43.5 Å².